The van der Waals surface area contributed by atoms with Crippen LogP contribution in [0.4, 0.5) is 0 Å². The second-order valence-corrected chi connectivity index (χ2v) is 10.5. The maximum absolute atomic E-state index is 6.51. The van der Waals surface area contributed by atoms with Gasteiger partial charge in [-0.3, -0.25) is 0 Å². The molecule has 0 aromatic rings. The van der Waals surface area contributed by atoms with Crippen molar-refractivity contribution in [3.05, 3.63) is 0 Å². The summed E-state index contributed by atoms with van der Waals surface area (Å²) in [4.78, 5) is 0. The molecule has 3 atom stereocenters. The average Bonchev–Trinajstić information content (AvgIpc) is 2.61. The Morgan fingerprint density at radius 2 is 1.39 bits per heavy atom. The second-order valence-electron chi connectivity index (χ2n) is 10.5. The molecule has 0 bridgehead atoms. The number of halogens is 1. The Hall–Kier alpha value is 0.210. The minimum absolute atomic E-state index is 0. The smallest absolute Gasteiger partial charge is 0.183 e. The fourth-order valence-corrected chi connectivity index (χ4v) is 4.70. The number of hydrogen-bond acceptors (Lipinski definition) is 1. The molecule has 2 nitrogen and oxygen atoms in total. The fraction of sp³-hybridized carbons (Fsp3) is 1.00. The van der Waals surface area contributed by atoms with E-state index in [-0.39, 0.29) is 12.4 Å². The monoisotopic (exact) mass is 417 g/mol. The van der Waals surface area contributed by atoms with Crippen LogP contribution in [0.3, 0.4) is 0 Å². The summed E-state index contributed by atoms with van der Waals surface area (Å²) < 4.78 is 7.53. The van der Waals surface area contributed by atoms with E-state index in [2.05, 4.69) is 41.8 Å². The summed E-state index contributed by atoms with van der Waals surface area (Å²) in [5.74, 6) is 2.35. The van der Waals surface area contributed by atoms with Crippen LogP contribution in [0.1, 0.15) is 111 Å². The summed E-state index contributed by atoms with van der Waals surface area (Å²) in [6.45, 7) is 11.6. The highest BCUT2D eigenvalue weighted by Gasteiger charge is 2.32. The van der Waals surface area contributed by atoms with Gasteiger partial charge < -0.3 is 21.6 Å². The van der Waals surface area contributed by atoms with Crippen molar-refractivity contribution in [1.82, 2.24) is 0 Å². The number of nitrogens with zero attached hydrogens (tertiary/aromatic N) is 1. The fourth-order valence-electron chi connectivity index (χ4n) is 4.70. The topological polar surface area (TPSA) is 9.23 Å². The van der Waals surface area contributed by atoms with E-state index in [4.69, 9.17) is 4.74 Å². The molecule has 0 heterocycles. The van der Waals surface area contributed by atoms with Crippen molar-refractivity contribution in [2.45, 2.75) is 117 Å². The van der Waals surface area contributed by atoms with Crippen molar-refractivity contribution in [3.63, 3.8) is 0 Å². The van der Waals surface area contributed by atoms with Crippen molar-refractivity contribution in [2.75, 3.05) is 27.4 Å². The normalized spacial score (nSPS) is 23.0. The van der Waals surface area contributed by atoms with Crippen LogP contribution in [0.2, 0.25) is 0 Å². The van der Waals surface area contributed by atoms with Crippen LogP contribution in [0.5, 0.6) is 0 Å². The van der Waals surface area contributed by atoms with E-state index in [1.54, 1.807) is 0 Å². The lowest BCUT2D eigenvalue weighted by molar-refractivity contribution is -0.911. The number of ether oxygens (including phenoxy) is 1. The number of quaternary nitrogens is 1. The predicted molar refractivity (Wildman–Crippen MR) is 120 cm³/mol. The van der Waals surface area contributed by atoms with Crippen molar-refractivity contribution >= 4 is 0 Å². The van der Waals surface area contributed by atoms with E-state index in [9.17, 15) is 0 Å². The predicted octanol–water partition coefficient (Wildman–Crippen LogP) is 4.42. The molecule has 0 unspecified atom stereocenters. The van der Waals surface area contributed by atoms with Crippen LogP contribution >= 0.6 is 0 Å². The molecule has 0 N–H and O–H groups in total. The van der Waals surface area contributed by atoms with Crippen molar-refractivity contribution in [1.29, 1.82) is 0 Å². The molecule has 1 aliphatic carbocycles. The van der Waals surface area contributed by atoms with Gasteiger partial charge in [-0.05, 0) is 43.4 Å². The zero-order valence-electron chi connectivity index (χ0n) is 20.1. The minimum atomic E-state index is 0. The van der Waals surface area contributed by atoms with Gasteiger partial charge in [0.1, 0.15) is 0 Å². The first-order valence-corrected chi connectivity index (χ1v) is 12.3. The quantitative estimate of drug-likeness (QED) is 0.217. The lowest BCUT2D eigenvalue weighted by atomic mass is 9.75. The molecular weight excluding hydrogens is 366 g/mol. The highest BCUT2D eigenvalue weighted by molar-refractivity contribution is 4.81. The van der Waals surface area contributed by atoms with Crippen LogP contribution < -0.4 is 12.4 Å². The first-order valence-electron chi connectivity index (χ1n) is 12.3. The summed E-state index contributed by atoms with van der Waals surface area (Å²) in [6, 6.07) is 0. The summed E-state index contributed by atoms with van der Waals surface area (Å²) >= 11 is 0. The molecule has 1 saturated carbocycles. The molecule has 170 valence electrons. The van der Waals surface area contributed by atoms with Crippen molar-refractivity contribution < 1.29 is 21.6 Å². The molecule has 0 aliphatic heterocycles. The Balaban J connectivity index is 0.00000729. The van der Waals surface area contributed by atoms with Crippen LogP contribution in [0.25, 0.3) is 0 Å². The minimum Gasteiger partial charge on any atom is -1.00 e. The summed E-state index contributed by atoms with van der Waals surface area (Å²) in [6.07, 6.45) is 18.7. The Morgan fingerprint density at radius 1 is 0.857 bits per heavy atom. The van der Waals surface area contributed by atoms with Crippen LogP contribution in [0, 0.1) is 17.8 Å². The molecule has 1 aliphatic rings. The van der Waals surface area contributed by atoms with E-state index < -0.39 is 0 Å². The van der Waals surface area contributed by atoms with Gasteiger partial charge in [0.05, 0.1) is 26.7 Å². The van der Waals surface area contributed by atoms with Crippen molar-refractivity contribution in [2.24, 2.45) is 17.8 Å². The van der Waals surface area contributed by atoms with Crippen molar-refractivity contribution in [3.8, 4) is 0 Å². The maximum atomic E-state index is 6.51. The van der Waals surface area contributed by atoms with Gasteiger partial charge in [0.25, 0.3) is 0 Å². The maximum Gasteiger partial charge on any atom is 0.183 e. The second kappa shape index (κ2) is 16.0. The zero-order chi connectivity index (χ0) is 20.1. The van der Waals surface area contributed by atoms with E-state index in [1.807, 2.05) is 0 Å². The first kappa shape index (κ1) is 28.2. The molecule has 0 amide bonds. The molecule has 0 saturated heterocycles. The van der Waals surface area contributed by atoms with Gasteiger partial charge in [-0.15, -0.1) is 0 Å². The molecule has 0 aromatic heterocycles. The molecule has 28 heavy (non-hydrogen) atoms. The molecule has 1 fully saturated rings. The van der Waals surface area contributed by atoms with E-state index in [0.29, 0.717) is 6.10 Å². The van der Waals surface area contributed by atoms with E-state index >= 15 is 0 Å². The molecule has 3 heteroatoms. The largest absolute Gasteiger partial charge is 1.00 e. The van der Waals surface area contributed by atoms with Gasteiger partial charge >= 0.3 is 0 Å². The average molecular weight is 418 g/mol. The zero-order valence-corrected chi connectivity index (χ0v) is 20.9. The molecule has 0 aromatic carbocycles. The van der Waals surface area contributed by atoms with Crippen LogP contribution in [-0.4, -0.2) is 38.0 Å². The Kier molecular flexibility index (Phi) is 16.1. The van der Waals surface area contributed by atoms with Gasteiger partial charge in [0.2, 0.25) is 0 Å². The van der Waals surface area contributed by atoms with E-state index in [0.717, 1.165) is 29.0 Å². The highest BCUT2D eigenvalue weighted by Crippen LogP contribution is 2.35. The van der Waals surface area contributed by atoms with Crippen LogP contribution in [-0.2, 0) is 4.74 Å². The Bertz CT molecular complexity index is 358. The Morgan fingerprint density at radius 3 is 1.93 bits per heavy atom. The van der Waals surface area contributed by atoms with Crippen LogP contribution in [0.15, 0.2) is 0 Å². The summed E-state index contributed by atoms with van der Waals surface area (Å²) in [5.41, 5.74) is 0. The van der Waals surface area contributed by atoms with E-state index in [1.165, 1.54) is 90.0 Å². The molecule has 0 spiro atoms. The standard InChI is InChI=1S/C25H52NO.ClH/c1-7-8-9-10-11-12-13-14-15-16-19-26(5,6)21-27-25-20-23(4)17-18-24(25)22(2)3;/h22-25H,7-21H2,1-6H3;1H/q+1;/p-1/t23-,24+,25-;/m1./s1. The third-order valence-corrected chi connectivity index (χ3v) is 6.72. The van der Waals surface area contributed by atoms with Gasteiger partial charge in [-0.25, -0.2) is 0 Å². The SMILES string of the molecule is CCCCCCCCCCCC[N+](C)(C)CO[C@@H]1C[C@H](C)CC[C@H]1C(C)C.[Cl-]. The first-order chi connectivity index (χ1) is 12.9. The number of rotatable bonds is 15. The Labute approximate surface area is 184 Å². The van der Waals surface area contributed by atoms with Gasteiger partial charge in [0.15, 0.2) is 6.73 Å². The van der Waals surface area contributed by atoms with Gasteiger partial charge in [-0.1, -0.05) is 85.5 Å². The lowest BCUT2D eigenvalue weighted by Gasteiger charge is -2.39. The summed E-state index contributed by atoms with van der Waals surface area (Å²) in [7, 11) is 4.70. The van der Waals surface area contributed by atoms with Gasteiger partial charge in [0, 0.05) is 0 Å². The summed E-state index contributed by atoms with van der Waals surface area (Å²) in [5, 5.41) is 0. The third kappa shape index (κ3) is 12.7. The number of hydrogen-bond donors (Lipinski definition) is 0. The lowest BCUT2D eigenvalue weighted by Crippen LogP contribution is -3.00. The third-order valence-electron chi connectivity index (χ3n) is 6.72. The molecule has 0 radical (unpaired) electrons. The van der Waals surface area contributed by atoms with Gasteiger partial charge in [-0.2, -0.15) is 0 Å². The molecular formula is C25H52ClNO. The highest BCUT2D eigenvalue weighted by atomic mass is 35.5. The number of unbranched alkanes of at least 4 members (excludes halogenated alkanes) is 9. The molecule has 1 rings (SSSR count).